The summed E-state index contributed by atoms with van der Waals surface area (Å²) in [5.74, 6) is 0.194. The van der Waals surface area contributed by atoms with Crippen molar-refractivity contribution in [2.24, 2.45) is 0 Å². The highest BCUT2D eigenvalue weighted by molar-refractivity contribution is 5.96. The maximum absolute atomic E-state index is 12.1. The Morgan fingerprint density at radius 2 is 2.40 bits per heavy atom. The number of nitrogens with one attached hydrogen (secondary N) is 1. The van der Waals surface area contributed by atoms with E-state index in [9.17, 15) is 4.79 Å². The highest BCUT2D eigenvalue weighted by atomic mass is 16.2. The van der Waals surface area contributed by atoms with E-state index in [0.29, 0.717) is 6.04 Å². The van der Waals surface area contributed by atoms with Gasteiger partial charge in [-0.05, 0) is 19.8 Å². The van der Waals surface area contributed by atoms with Crippen LogP contribution in [0.4, 0.5) is 0 Å². The van der Waals surface area contributed by atoms with Gasteiger partial charge < -0.3 is 10.2 Å². The number of carbonyl (C=O) groups is 1. The molecule has 0 aromatic carbocycles. The van der Waals surface area contributed by atoms with Gasteiger partial charge >= 0.3 is 0 Å². The first-order chi connectivity index (χ1) is 7.27. The number of piperazine rings is 1. The van der Waals surface area contributed by atoms with E-state index in [-0.39, 0.29) is 5.91 Å². The van der Waals surface area contributed by atoms with Crippen molar-refractivity contribution < 1.29 is 4.79 Å². The average molecular weight is 206 g/mol. The zero-order chi connectivity index (χ0) is 10.7. The van der Waals surface area contributed by atoms with Gasteiger partial charge in [0.25, 0.3) is 5.91 Å². The minimum atomic E-state index is 0.194. The fraction of sp³-hybridized carbons (Fsp3) is 0.583. The van der Waals surface area contributed by atoms with Crippen LogP contribution >= 0.6 is 0 Å². The third-order valence-electron chi connectivity index (χ3n) is 2.90. The van der Waals surface area contributed by atoms with Gasteiger partial charge in [0, 0.05) is 31.2 Å². The van der Waals surface area contributed by atoms with E-state index in [1.807, 2.05) is 11.0 Å². The van der Waals surface area contributed by atoms with E-state index in [1.54, 1.807) is 0 Å². The number of rotatable bonds is 1. The van der Waals surface area contributed by atoms with E-state index in [4.69, 9.17) is 0 Å². The van der Waals surface area contributed by atoms with Gasteiger partial charge in [0.05, 0.1) is 0 Å². The van der Waals surface area contributed by atoms with Gasteiger partial charge in [-0.25, -0.2) is 0 Å². The number of hydrogen-bond acceptors (Lipinski definition) is 2. The molecule has 2 rings (SSSR count). The van der Waals surface area contributed by atoms with E-state index in [1.165, 1.54) is 0 Å². The van der Waals surface area contributed by atoms with E-state index < -0.39 is 0 Å². The topological polar surface area (TPSA) is 32.3 Å². The van der Waals surface area contributed by atoms with Crippen LogP contribution in [0.25, 0.3) is 0 Å². The van der Waals surface area contributed by atoms with Crippen molar-refractivity contribution >= 4 is 5.91 Å². The zero-order valence-corrected chi connectivity index (χ0v) is 9.20. The fourth-order valence-electron chi connectivity index (χ4n) is 2.07. The Kier molecular flexibility index (Phi) is 3.21. The fourth-order valence-corrected chi connectivity index (χ4v) is 2.07. The van der Waals surface area contributed by atoms with Crippen LogP contribution < -0.4 is 5.32 Å². The first-order valence-electron chi connectivity index (χ1n) is 5.67. The average Bonchev–Trinajstić information content (AvgIpc) is 2.29. The maximum Gasteiger partial charge on any atom is 0.253 e. The van der Waals surface area contributed by atoms with Crippen LogP contribution in [-0.2, 0) is 4.79 Å². The molecule has 0 bridgehead atoms. The van der Waals surface area contributed by atoms with Crippen molar-refractivity contribution in [3.63, 3.8) is 0 Å². The molecule has 1 aliphatic carbocycles. The van der Waals surface area contributed by atoms with Gasteiger partial charge in [0.2, 0.25) is 0 Å². The summed E-state index contributed by atoms with van der Waals surface area (Å²) < 4.78 is 0. The van der Waals surface area contributed by atoms with E-state index in [0.717, 1.165) is 38.0 Å². The van der Waals surface area contributed by atoms with Crippen LogP contribution in [0.15, 0.2) is 23.8 Å². The summed E-state index contributed by atoms with van der Waals surface area (Å²) in [6.07, 6.45) is 8.15. The molecule has 1 aliphatic heterocycles. The van der Waals surface area contributed by atoms with Gasteiger partial charge in [-0.2, -0.15) is 0 Å². The van der Waals surface area contributed by atoms with Gasteiger partial charge in [-0.3, -0.25) is 4.79 Å². The van der Waals surface area contributed by atoms with E-state index >= 15 is 0 Å². The van der Waals surface area contributed by atoms with Crippen LogP contribution in [-0.4, -0.2) is 36.5 Å². The Morgan fingerprint density at radius 1 is 1.53 bits per heavy atom. The molecule has 1 atom stereocenters. The number of allylic oxidation sites excluding steroid dienone is 2. The summed E-state index contributed by atoms with van der Waals surface area (Å²) in [6, 6.07) is 0.413. The molecule has 1 amide bonds. The normalized spacial score (nSPS) is 26.3. The summed E-state index contributed by atoms with van der Waals surface area (Å²) in [6.45, 7) is 4.67. The Balaban J connectivity index is 2.00. The number of nitrogens with zero attached hydrogens (tertiary/aromatic N) is 1. The zero-order valence-electron chi connectivity index (χ0n) is 9.20. The second-order valence-electron chi connectivity index (χ2n) is 4.25. The Labute approximate surface area is 90.8 Å². The van der Waals surface area contributed by atoms with Crippen molar-refractivity contribution in [3.8, 4) is 0 Å². The third-order valence-corrected chi connectivity index (χ3v) is 2.90. The molecule has 1 fully saturated rings. The lowest BCUT2D eigenvalue weighted by Gasteiger charge is -2.32. The lowest BCUT2D eigenvalue weighted by atomic mass is 10.1. The minimum Gasteiger partial charge on any atom is -0.336 e. The molecular weight excluding hydrogens is 188 g/mol. The molecule has 2 aliphatic rings. The lowest BCUT2D eigenvalue weighted by Crippen LogP contribution is -2.51. The highest BCUT2D eigenvalue weighted by Gasteiger charge is 2.22. The Bertz CT molecular complexity index is 307. The van der Waals surface area contributed by atoms with Crippen LogP contribution in [0, 0.1) is 0 Å². The van der Waals surface area contributed by atoms with Gasteiger partial charge in [-0.1, -0.05) is 18.2 Å². The molecule has 0 aromatic heterocycles. The van der Waals surface area contributed by atoms with Crippen LogP contribution in [0.5, 0.6) is 0 Å². The number of amides is 1. The molecule has 1 heterocycles. The van der Waals surface area contributed by atoms with Crippen molar-refractivity contribution in [1.82, 2.24) is 10.2 Å². The predicted octanol–water partition coefficient (Wildman–Crippen LogP) is 1.08. The first-order valence-corrected chi connectivity index (χ1v) is 5.67. The van der Waals surface area contributed by atoms with Gasteiger partial charge in [0.15, 0.2) is 0 Å². The number of hydrogen-bond donors (Lipinski definition) is 1. The molecule has 0 spiro atoms. The summed E-state index contributed by atoms with van der Waals surface area (Å²) in [4.78, 5) is 14.0. The molecule has 1 unspecified atom stereocenters. The Morgan fingerprint density at radius 3 is 3.07 bits per heavy atom. The minimum absolute atomic E-state index is 0.194. The predicted molar refractivity (Wildman–Crippen MR) is 60.5 cm³/mol. The van der Waals surface area contributed by atoms with Crippen molar-refractivity contribution in [3.05, 3.63) is 23.8 Å². The molecular formula is C12H18N2O. The van der Waals surface area contributed by atoms with Crippen LogP contribution in [0.3, 0.4) is 0 Å². The maximum atomic E-state index is 12.1. The van der Waals surface area contributed by atoms with Crippen LogP contribution in [0.1, 0.15) is 19.8 Å². The number of carbonyl (C=O) groups excluding carboxylic acids is 1. The van der Waals surface area contributed by atoms with Gasteiger partial charge in [0.1, 0.15) is 0 Å². The summed E-state index contributed by atoms with van der Waals surface area (Å²) in [5.41, 5.74) is 0.871. The summed E-state index contributed by atoms with van der Waals surface area (Å²) in [7, 11) is 0. The lowest BCUT2D eigenvalue weighted by molar-refractivity contribution is -0.127. The Hall–Kier alpha value is -1.09. The van der Waals surface area contributed by atoms with Gasteiger partial charge in [-0.15, -0.1) is 0 Å². The second kappa shape index (κ2) is 4.62. The molecule has 0 saturated carbocycles. The molecule has 1 saturated heterocycles. The van der Waals surface area contributed by atoms with E-state index in [2.05, 4.69) is 24.4 Å². The molecule has 15 heavy (non-hydrogen) atoms. The molecule has 82 valence electrons. The molecule has 1 N–H and O–H groups in total. The third kappa shape index (κ3) is 2.48. The largest absolute Gasteiger partial charge is 0.336 e. The molecule has 0 aromatic rings. The van der Waals surface area contributed by atoms with Crippen molar-refractivity contribution in [2.45, 2.75) is 25.8 Å². The monoisotopic (exact) mass is 206 g/mol. The second-order valence-corrected chi connectivity index (χ2v) is 4.25. The molecule has 3 heteroatoms. The quantitative estimate of drug-likeness (QED) is 0.696. The smallest absolute Gasteiger partial charge is 0.253 e. The standard InChI is InChI=1S/C12H18N2O/c1-10-9-14(8-7-13-10)12(15)11-5-3-2-4-6-11/h3,5-6,10,13H,2,4,7-9H2,1H3. The summed E-state index contributed by atoms with van der Waals surface area (Å²) >= 11 is 0. The van der Waals surface area contributed by atoms with Crippen molar-refractivity contribution in [1.29, 1.82) is 0 Å². The SMILES string of the molecule is CC1CN(C(=O)C2=CCCC=C2)CCN1. The highest BCUT2D eigenvalue weighted by Crippen LogP contribution is 2.13. The molecule has 0 radical (unpaired) electrons. The van der Waals surface area contributed by atoms with Crippen LogP contribution in [0.2, 0.25) is 0 Å². The van der Waals surface area contributed by atoms with Crippen molar-refractivity contribution in [2.75, 3.05) is 19.6 Å². The first kappa shape index (κ1) is 10.4. The summed E-state index contributed by atoms with van der Waals surface area (Å²) in [5, 5.41) is 3.34. The molecule has 3 nitrogen and oxygen atoms in total.